The first kappa shape index (κ1) is 12.7. The van der Waals surface area contributed by atoms with Crippen molar-refractivity contribution in [3.8, 4) is 0 Å². The van der Waals surface area contributed by atoms with E-state index in [1.54, 1.807) is 6.08 Å². The highest BCUT2D eigenvalue weighted by Gasteiger charge is 2.28. The first-order chi connectivity index (χ1) is 7.40. The van der Waals surface area contributed by atoms with Crippen LogP contribution in [0.2, 0.25) is 0 Å². The number of nitrogens with one attached hydrogen (secondary N) is 1. The van der Waals surface area contributed by atoms with Gasteiger partial charge in [0.2, 0.25) is 0 Å². The van der Waals surface area contributed by atoms with Crippen molar-refractivity contribution in [2.24, 2.45) is 11.8 Å². The van der Waals surface area contributed by atoms with Crippen LogP contribution in [0.3, 0.4) is 0 Å². The van der Waals surface area contributed by atoms with E-state index in [1.165, 1.54) is 7.11 Å². The third kappa shape index (κ3) is 2.08. The second-order valence-electron chi connectivity index (χ2n) is 4.53. The highest BCUT2D eigenvalue weighted by molar-refractivity contribution is 6.07. The van der Waals surface area contributed by atoms with Crippen LogP contribution in [-0.4, -0.2) is 18.8 Å². The third-order valence-corrected chi connectivity index (χ3v) is 3.17. The topological polar surface area (TPSA) is 50.2 Å². The van der Waals surface area contributed by atoms with E-state index < -0.39 is 0 Å². The minimum atomic E-state index is -0.358. The number of ether oxygens (including phenoxy) is 1. The maximum Gasteiger partial charge on any atom is 0.338 e. The normalized spacial score (nSPS) is 21.2. The van der Waals surface area contributed by atoms with Gasteiger partial charge in [0.1, 0.15) is 0 Å². The minimum absolute atomic E-state index is 0.119. The number of rotatable bonds is 2. The summed E-state index contributed by atoms with van der Waals surface area (Å²) in [5, 5.41) is 7.98. The molecule has 16 heavy (non-hydrogen) atoms. The molecule has 1 unspecified atom stereocenters. The van der Waals surface area contributed by atoms with Crippen molar-refractivity contribution in [2.45, 2.75) is 27.7 Å². The zero-order chi connectivity index (χ0) is 12.5. The van der Waals surface area contributed by atoms with Gasteiger partial charge in [-0.15, -0.1) is 0 Å². The van der Waals surface area contributed by atoms with Crippen molar-refractivity contribution in [3.63, 3.8) is 0 Å². The molecule has 1 aliphatic carbocycles. The Morgan fingerprint density at radius 1 is 1.44 bits per heavy atom. The minimum Gasteiger partial charge on any atom is -0.465 e. The summed E-state index contributed by atoms with van der Waals surface area (Å²) >= 11 is 0. The summed E-state index contributed by atoms with van der Waals surface area (Å²) in [4.78, 5) is 11.5. The van der Waals surface area contributed by atoms with E-state index in [9.17, 15) is 4.79 Å². The SMILES string of the molecule is COC(=O)C1=CC(=N)C(C(C)C)C(C)=C1C. The van der Waals surface area contributed by atoms with Crippen molar-refractivity contribution < 1.29 is 9.53 Å². The predicted molar refractivity (Wildman–Crippen MR) is 64.5 cm³/mol. The van der Waals surface area contributed by atoms with Gasteiger partial charge in [-0.05, 0) is 31.4 Å². The van der Waals surface area contributed by atoms with Crippen molar-refractivity contribution in [3.05, 3.63) is 22.8 Å². The lowest BCUT2D eigenvalue weighted by Crippen LogP contribution is -2.26. The molecule has 0 fully saturated rings. The second kappa shape index (κ2) is 4.64. The Kier molecular flexibility index (Phi) is 3.68. The van der Waals surface area contributed by atoms with Crippen LogP contribution in [-0.2, 0) is 9.53 Å². The Morgan fingerprint density at radius 3 is 2.44 bits per heavy atom. The summed E-state index contributed by atoms with van der Waals surface area (Å²) in [7, 11) is 1.37. The number of hydrogen-bond acceptors (Lipinski definition) is 3. The van der Waals surface area contributed by atoms with Crippen LogP contribution in [0, 0.1) is 17.2 Å². The zero-order valence-corrected chi connectivity index (χ0v) is 10.5. The number of carbonyl (C=O) groups excluding carboxylic acids is 1. The predicted octanol–water partition coefficient (Wildman–Crippen LogP) is 2.73. The van der Waals surface area contributed by atoms with Crippen LogP contribution in [0.15, 0.2) is 22.8 Å². The Morgan fingerprint density at radius 2 is 2.00 bits per heavy atom. The fourth-order valence-electron chi connectivity index (χ4n) is 2.21. The zero-order valence-electron chi connectivity index (χ0n) is 10.5. The fraction of sp³-hybridized carbons (Fsp3) is 0.538. The lowest BCUT2D eigenvalue weighted by molar-refractivity contribution is -0.135. The molecule has 1 atom stereocenters. The summed E-state index contributed by atoms with van der Waals surface area (Å²) in [5.74, 6) is 0.134. The van der Waals surface area contributed by atoms with Gasteiger partial charge < -0.3 is 10.1 Å². The fourth-order valence-corrected chi connectivity index (χ4v) is 2.21. The summed E-state index contributed by atoms with van der Waals surface area (Å²) in [6.07, 6.45) is 1.64. The van der Waals surface area contributed by atoms with E-state index in [2.05, 4.69) is 13.8 Å². The van der Waals surface area contributed by atoms with E-state index >= 15 is 0 Å². The Labute approximate surface area is 96.7 Å². The molecule has 1 aliphatic rings. The molecule has 0 spiro atoms. The van der Waals surface area contributed by atoms with E-state index in [0.717, 1.165) is 11.1 Å². The molecule has 0 heterocycles. The molecule has 0 radical (unpaired) electrons. The molecule has 3 nitrogen and oxygen atoms in total. The Bertz CT molecular complexity index is 389. The van der Waals surface area contributed by atoms with Gasteiger partial charge in [-0.2, -0.15) is 0 Å². The lowest BCUT2D eigenvalue weighted by atomic mass is 9.77. The molecule has 0 aromatic rings. The highest BCUT2D eigenvalue weighted by Crippen LogP contribution is 2.32. The lowest BCUT2D eigenvalue weighted by Gasteiger charge is -2.28. The molecule has 3 heteroatoms. The van der Waals surface area contributed by atoms with Crippen LogP contribution >= 0.6 is 0 Å². The maximum atomic E-state index is 11.5. The van der Waals surface area contributed by atoms with Gasteiger partial charge in [-0.25, -0.2) is 4.79 Å². The number of allylic oxidation sites excluding steroid dienone is 2. The van der Waals surface area contributed by atoms with Crippen LogP contribution < -0.4 is 0 Å². The first-order valence-electron chi connectivity index (χ1n) is 5.46. The third-order valence-electron chi connectivity index (χ3n) is 3.17. The summed E-state index contributed by atoms with van der Waals surface area (Å²) in [6, 6.07) is 0. The molecule has 1 N–H and O–H groups in total. The average molecular weight is 221 g/mol. The molecule has 88 valence electrons. The quantitative estimate of drug-likeness (QED) is 0.729. The average Bonchev–Trinajstić information content (AvgIpc) is 2.22. The number of esters is 1. The van der Waals surface area contributed by atoms with Crippen LogP contribution in [0.5, 0.6) is 0 Å². The Balaban J connectivity index is 3.18. The van der Waals surface area contributed by atoms with Gasteiger partial charge in [0, 0.05) is 11.6 Å². The largest absolute Gasteiger partial charge is 0.465 e. The van der Waals surface area contributed by atoms with Crippen molar-refractivity contribution in [2.75, 3.05) is 7.11 Å². The van der Waals surface area contributed by atoms with Gasteiger partial charge in [0.15, 0.2) is 0 Å². The van der Waals surface area contributed by atoms with Gasteiger partial charge in [-0.1, -0.05) is 19.4 Å². The Hall–Kier alpha value is -1.38. The van der Waals surface area contributed by atoms with Crippen LogP contribution in [0.1, 0.15) is 27.7 Å². The van der Waals surface area contributed by atoms with Crippen molar-refractivity contribution in [1.29, 1.82) is 5.41 Å². The molecule has 0 amide bonds. The van der Waals surface area contributed by atoms with E-state index in [0.29, 0.717) is 17.2 Å². The van der Waals surface area contributed by atoms with Crippen molar-refractivity contribution >= 4 is 11.7 Å². The standard InChI is InChI=1S/C13H19NO2/c1-7(2)12-9(4)8(3)10(6-11(12)14)13(15)16-5/h6-7,12,14H,1-5H3. The highest BCUT2D eigenvalue weighted by atomic mass is 16.5. The van der Waals surface area contributed by atoms with Crippen LogP contribution in [0.25, 0.3) is 0 Å². The second-order valence-corrected chi connectivity index (χ2v) is 4.53. The molecule has 0 aromatic carbocycles. The van der Waals surface area contributed by atoms with Gasteiger partial charge in [0.25, 0.3) is 0 Å². The molecule has 0 bridgehead atoms. The van der Waals surface area contributed by atoms with Gasteiger partial charge >= 0.3 is 5.97 Å². The van der Waals surface area contributed by atoms with Gasteiger partial charge in [-0.3, -0.25) is 0 Å². The molecule has 0 saturated heterocycles. The summed E-state index contributed by atoms with van der Waals surface area (Å²) in [5.41, 5.74) is 3.06. The molecule has 1 rings (SSSR count). The smallest absolute Gasteiger partial charge is 0.338 e. The number of methoxy groups -OCH3 is 1. The van der Waals surface area contributed by atoms with Gasteiger partial charge in [0.05, 0.1) is 12.7 Å². The first-order valence-corrected chi connectivity index (χ1v) is 5.46. The monoisotopic (exact) mass is 221 g/mol. The summed E-state index contributed by atoms with van der Waals surface area (Å²) in [6.45, 7) is 8.09. The van der Waals surface area contributed by atoms with Crippen molar-refractivity contribution in [1.82, 2.24) is 0 Å². The number of hydrogen-bond donors (Lipinski definition) is 1. The maximum absolute atomic E-state index is 11.5. The summed E-state index contributed by atoms with van der Waals surface area (Å²) < 4.78 is 4.71. The molecular weight excluding hydrogens is 202 g/mol. The molecular formula is C13H19NO2. The van der Waals surface area contributed by atoms with Crippen LogP contribution in [0.4, 0.5) is 0 Å². The molecule has 0 aliphatic heterocycles. The molecule has 0 aromatic heterocycles. The molecule has 0 saturated carbocycles. The number of carbonyl (C=O) groups is 1. The van der Waals surface area contributed by atoms with E-state index in [-0.39, 0.29) is 11.9 Å². The van der Waals surface area contributed by atoms with E-state index in [1.807, 2.05) is 13.8 Å². The van der Waals surface area contributed by atoms with E-state index in [4.69, 9.17) is 10.1 Å².